The Bertz CT molecular complexity index is 1230. The molecule has 10 heteroatoms. The van der Waals surface area contributed by atoms with Crippen molar-refractivity contribution in [2.75, 3.05) is 17.2 Å². The molecule has 0 atom stereocenters. The summed E-state index contributed by atoms with van der Waals surface area (Å²) in [7, 11) is 0. The third-order valence-corrected chi connectivity index (χ3v) is 4.62. The summed E-state index contributed by atoms with van der Waals surface area (Å²) >= 11 is 5.95. The maximum Gasteiger partial charge on any atom is 0.329 e. The van der Waals surface area contributed by atoms with Gasteiger partial charge in [0.1, 0.15) is 11.6 Å². The Morgan fingerprint density at radius 1 is 1.00 bits per heavy atom. The predicted octanol–water partition coefficient (Wildman–Crippen LogP) is 3.89. The van der Waals surface area contributed by atoms with Crippen LogP contribution >= 0.6 is 11.6 Å². The van der Waals surface area contributed by atoms with Crippen molar-refractivity contribution in [3.63, 3.8) is 0 Å². The molecule has 0 fully saturated rings. The summed E-state index contributed by atoms with van der Waals surface area (Å²) in [5, 5.41) is 9.30. The first-order valence-electron chi connectivity index (χ1n) is 9.99. The van der Waals surface area contributed by atoms with Crippen LogP contribution in [0.5, 0.6) is 5.75 Å². The van der Waals surface area contributed by atoms with E-state index in [-0.39, 0.29) is 18.2 Å². The first-order valence-corrected chi connectivity index (χ1v) is 10.4. The molecule has 3 rings (SSSR count). The highest BCUT2D eigenvalue weighted by Gasteiger charge is 2.13. The van der Waals surface area contributed by atoms with Crippen molar-refractivity contribution < 1.29 is 23.5 Å². The number of carbonyl (C=O) groups excluding carboxylic acids is 3. The number of rotatable bonds is 7. The Labute approximate surface area is 199 Å². The number of ether oxygens (including phenoxy) is 1. The summed E-state index contributed by atoms with van der Waals surface area (Å²) in [6.07, 6.45) is 1.31. The molecule has 0 aliphatic carbocycles. The van der Waals surface area contributed by atoms with Crippen LogP contribution < -0.4 is 20.8 Å². The molecular weight excluding hydrogens is 463 g/mol. The second-order valence-corrected chi connectivity index (χ2v) is 7.47. The van der Waals surface area contributed by atoms with Crippen molar-refractivity contribution in [2.24, 2.45) is 5.10 Å². The number of anilines is 2. The molecule has 0 bridgehead atoms. The highest BCUT2D eigenvalue weighted by Crippen LogP contribution is 2.20. The standard InChI is InChI=1S/C24H20ClFN4O4/c1-15-5-6-17(25)12-21(15)29-22(31)14-34-20-4-2-3-16(11-20)13-27-30-24(33)23(32)28-19-9-7-18(26)8-10-19/h2-13H,14H2,1H3,(H,28,32)(H,29,31)(H,30,33)/b27-13-. The molecular formula is C24H20ClFN4O4. The van der Waals surface area contributed by atoms with Gasteiger partial charge in [-0.1, -0.05) is 29.8 Å². The number of hydrogen-bond acceptors (Lipinski definition) is 5. The van der Waals surface area contributed by atoms with Gasteiger partial charge in [-0.2, -0.15) is 5.10 Å². The summed E-state index contributed by atoms with van der Waals surface area (Å²) in [6, 6.07) is 16.8. The van der Waals surface area contributed by atoms with Crippen LogP contribution in [-0.2, 0) is 14.4 Å². The SMILES string of the molecule is Cc1ccc(Cl)cc1NC(=O)COc1cccc(/C=N\NC(=O)C(=O)Nc2ccc(F)cc2)c1. The number of nitrogens with zero attached hydrogens (tertiary/aromatic N) is 1. The normalized spacial score (nSPS) is 10.6. The van der Waals surface area contributed by atoms with E-state index >= 15 is 0 Å². The van der Waals surface area contributed by atoms with E-state index in [4.69, 9.17) is 16.3 Å². The number of nitrogens with one attached hydrogen (secondary N) is 3. The van der Waals surface area contributed by atoms with E-state index in [1.165, 1.54) is 18.3 Å². The van der Waals surface area contributed by atoms with Gasteiger partial charge in [0, 0.05) is 16.4 Å². The Balaban J connectivity index is 1.49. The summed E-state index contributed by atoms with van der Waals surface area (Å²) in [4.78, 5) is 35.9. The Morgan fingerprint density at radius 3 is 2.53 bits per heavy atom. The van der Waals surface area contributed by atoms with E-state index in [9.17, 15) is 18.8 Å². The molecule has 34 heavy (non-hydrogen) atoms. The lowest BCUT2D eigenvalue weighted by Crippen LogP contribution is -2.32. The van der Waals surface area contributed by atoms with Gasteiger partial charge < -0.3 is 15.4 Å². The average molecular weight is 483 g/mol. The number of benzene rings is 3. The van der Waals surface area contributed by atoms with E-state index in [1.807, 2.05) is 6.92 Å². The highest BCUT2D eigenvalue weighted by molar-refractivity contribution is 6.39. The van der Waals surface area contributed by atoms with Crippen LogP contribution in [-0.4, -0.2) is 30.5 Å². The number of amides is 3. The molecule has 0 spiro atoms. The largest absolute Gasteiger partial charge is 0.484 e. The van der Waals surface area contributed by atoms with Gasteiger partial charge in [0.25, 0.3) is 5.91 Å². The Morgan fingerprint density at radius 2 is 1.76 bits per heavy atom. The van der Waals surface area contributed by atoms with Gasteiger partial charge in [0.05, 0.1) is 6.21 Å². The third kappa shape index (κ3) is 7.42. The summed E-state index contributed by atoms with van der Waals surface area (Å²) in [5.74, 6) is -2.37. The number of hydrogen-bond donors (Lipinski definition) is 3. The first-order chi connectivity index (χ1) is 16.3. The van der Waals surface area contributed by atoms with Crippen molar-refractivity contribution >= 4 is 46.9 Å². The molecule has 0 aromatic heterocycles. The molecule has 3 amide bonds. The van der Waals surface area contributed by atoms with Crippen molar-refractivity contribution in [1.29, 1.82) is 0 Å². The summed E-state index contributed by atoms with van der Waals surface area (Å²) in [5.41, 5.74) is 4.39. The molecule has 0 radical (unpaired) electrons. The van der Waals surface area contributed by atoms with Crippen LogP contribution in [0.15, 0.2) is 71.8 Å². The molecule has 3 N–H and O–H groups in total. The second-order valence-electron chi connectivity index (χ2n) is 7.03. The topological polar surface area (TPSA) is 109 Å². The van der Waals surface area contributed by atoms with Gasteiger partial charge in [-0.15, -0.1) is 0 Å². The predicted molar refractivity (Wildman–Crippen MR) is 128 cm³/mol. The fourth-order valence-electron chi connectivity index (χ4n) is 2.69. The molecule has 174 valence electrons. The zero-order chi connectivity index (χ0) is 24.5. The lowest BCUT2D eigenvalue weighted by molar-refractivity contribution is -0.136. The van der Waals surface area contributed by atoms with Gasteiger partial charge in [0.15, 0.2) is 6.61 Å². The van der Waals surface area contributed by atoms with Gasteiger partial charge in [-0.3, -0.25) is 14.4 Å². The van der Waals surface area contributed by atoms with E-state index in [1.54, 1.807) is 42.5 Å². The Hall–Kier alpha value is -4.24. The monoisotopic (exact) mass is 482 g/mol. The molecule has 0 saturated heterocycles. The van der Waals surface area contributed by atoms with Crippen molar-refractivity contribution in [3.8, 4) is 5.75 Å². The molecule has 0 heterocycles. The smallest absolute Gasteiger partial charge is 0.329 e. The minimum absolute atomic E-state index is 0.229. The lowest BCUT2D eigenvalue weighted by atomic mass is 10.2. The van der Waals surface area contributed by atoms with Crippen LogP contribution in [0.25, 0.3) is 0 Å². The molecule has 0 aliphatic heterocycles. The van der Waals surface area contributed by atoms with Gasteiger partial charge >= 0.3 is 11.8 Å². The zero-order valence-corrected chi connectivity index (χ0v) is 18.7. The second kappa shape index (κ2) is 11.6. The van der Waals surface area contributed by atoms with Crippen LogP contribution in [0, 0.1) is 12.7 Å². The number of aryl methyl sites for hydroxylation is 1. The van der Waals surface area contributed by atoms with Gasteiger partial charge in [0.2, 0.25) is 0 Å². The van der Waals surface area contributed by atoms with E-state index in [0.717, 1.165) is 17.7 Å². The minimum Gasteiger partial charge on any atom is -0.484 e. The van der Waals surface area contributed by atoms with Crippen molar-refractivity contribution in [1.82, 2.24) is 5.43 Å². The fraction of sp³-hybridized carbons (Fsp3) is 0.0833. The summed E-state index contributed by atoms with van der Waals surface area (Å²) < 4.78 is 18.4. The summed E-state index contributed by atoms with van der Waals surface area (Å²) in [6.45, 7) is 1.62. The third-order valence-electron chi connectivity index (χ3n) is 4.39. The molecule has 0 unspecified atom stereocenters. The number of carbonyl (C=O) groups is 3. The maximum absolute atomic E-state index is 12.9. The number of halogens is 2. The highest BCUT2D eigenvalue weighted by atomic mass is 35.5. The zero-order valence-electron chi connectivity index (χ0n) is 18.0. The quantitative estimate of drug-likeness (QED) is 0.269. The average Bonchev–Trinajstić information content (AvgIpc) is 2.82. The van der Waals surface area contributed by atoms with Crippen LogP contribution in [0.4, 0.5) is 15.8 Å². The molecule has 0 aliphatic rings. The maximum atomic E-state index is 12.9. The van der Waals surface area contributed by atoms with E-state index in [0.29, 0.717) is 22.0 Å². The first kappa shape index (κ1) is 24.4. The lowest BCUT2D eigenvalue weighted by Gasteiger charge is -2.10. The Kier molecular flexibility index (Phi) is 8.31. The molecule has 3 aromatic rings. The van der Waals surface area contributed by atoms with Gasteiger partial charge in [-0.05, 0) is 66.6 Å². The fourth-order valence-corrected chi connectivity index (χ4v) is 2.86. The van der Waals surface area contributed by atoms with Gasteiger partial charge in [-0.25, -0.2) is 9.82 Å². The van der Waals surface area contributed by atoms with E-state index < -0.39 is 17.6 Å². The van der Waals surface area contributed by atoms with Crippen LogP contribution in [0.3, 0.4) is 0 Å². The van der Waals surface area contributed by atoms with Crippen LogP contribution in [0.1, 0.15) is 11.1 Å². The van der Waals surface area contributed by atoms with Crippen LogP contribution in [0.2, 0.25) is 5.02 Å². The van der Waals surface area contributed by atoms with Crippen molar-refractivity contribution in [2.45, 2.75) is 6.92 Å². The molecule has 8 nitrogen and oxygen atoms in total. The molecule has 3 aromatic carbocycles. The van der Waals surface area contributed by atoms with E-state index in [2.05, 4.69) is 21.2 Å². The molecule has 0 saturated carbocycles. The number of hydrazone groups is 1. The van der Waals surface area contributed by atoms with Crippen molar-refractivity contribution in [3.05, 3.63) is 88.7 Å². The minimum atomic E-state index is -0.999.